The highest BCUT2D eigenvalue weighted by Crippen LogP contribution is 2.22. The van der Waals surface area contributed by atoms with Crippen molar-refractivity contribution in [3.8, 4) is 10.8 Å². The summed E-state index contributed by atoms with van der Waals surface area (Å²) in [4.78, 5) is 27.7. The molecule has 1 aromatic carbocycles. The number of aromatic nitrogens is 3. The molecule has 0 saturated carbocycles. The Balaban J connectivity index is 1.39. The zero-order chi connectivity index (χ0) is 17.9. The minimum absolute atomic E-state index is 0.0347. The summed E-state index contributed by atoms with van der Waals surface area (Å²) in [6.45, 7) is 1.20. The number of likely N-dealkylation sites (N-methyl/N-ethyl adjacent to an activating group) is 1. The minimum Gasteiger partial charge on any atom is -0.349 e. The highest BCUT2D eigenvalue weighted by molar-refractivity contribution is 7.13. The molecule has 6 nitrogen and oxygen atoms in total. The monoisotopic (exact) mass is 365 g/mol. The zero-order valence-corrected chi connectivity index (χ0v) is 15.2. The van der Waals surface area contributed by atoms with Gasteiger partial charge in [0.15, 0.2) is 10.8 Å². The Labute approximate surface area is 155 Å². The lowest BCUT2D eigenvalue weighted by atomic mass is 9.94. The van der Waals surface area contributed by atoms with Crippen molar-refractivity contribution in [3.05, 3.63) is 64.9 Å². The van der Waals surface area contributed by atoms with Crippen molar-refractivity contribution in [1.82, 2.24) is 25.2 Å². The standard InChI is InChI=1S/C19H19N5OS/c1-24-11-14-6-3-2-5-13(14)9-16(24)18(25)22-10-15-12-26-19(23-15)17-20-7-4-8-21-17/h2-8,12,16H,9-11H2,1H3,(H,22,25)/t16-/m0/s1. The van der Waals surface area contributed by atoms with Crippen LogP contribution in [0.15, 0.2) is 48.1 Å². The summed E-state index contributed by atoms with van der Waals surface area (Å²) in [5.74, 6) is 0.645. The third kappa shape index (κ3) is 3.49. The number of fused-ring (bicyclic) bond motifs is 1. The Kier molecular flexibility index (Phi) is 4.73. The van der Waals surface area contributed by atoms with Crippen molar-refractivity contribution in [2.75, 3.05) is 7.05 Å². The molecule has 2 aromatic heterocycles. The fourth-order valence-corrected chi connectivity index (χ4v) is 3.91. The van der Waals surface area contributed by atoms with Crippen molar-refractivity contribution in [3.63, 3.8) is 0 Å². The first-order chi connectivity index (χ1) is 12.7. The highest BCUT2D eigenvalue weighted by atomic mass is 32.1. The fraction of sp³-hybridized carbons (Fsp3) is 0.263. The molecular formula is C19H19N5OS. The second-order valence-corrected chi connectivity index (χ2v) is 7.20. The van der Waals surface area contributed by atoms with Gasteiger partial charge in [0.2, 0.25) is 5.91 Å². The van der Waals surface area contributed by atoms with E-state index in [9.17, 15) is 4.79 Å². The second kappa shape index (κ2) is 7.31. The van der Waals surface area contributed by atoms with Gasteiger partial charge in [-0.05, 0) is 30.7 Å². The van der Waals surface area contributed by atoms with Gasteiger partial charge in [-0.1, -0.05) is 24.3 Å². The second-order valence-electron chi connectivity index (χ2n) is 6.34. The van der Waals surface area contributed by atoms with Crippen LogP contribution in [0, 0.1) is 0 Å². The van der Waals surface area contributed by atoms with E-state index < -0.39 is 0 Å². The molecular weight excluding hydrogens is 346 g/mol. The van der Waals surface area contributed by atoms with Crippen molar-refractivity contribution in [2.45, 2.75) is 25.6 Å². The number of thiazole rings is 1. The lowest BCUT2D eigenvalue weighted by Crippen LogP contribution is -2.48. The number of hydrogen-bond donors (Lipinski definition) is 1. The molecule has 0 saturated heterocycles. The van der Waals surface area contributed by atoms with Crippen LogP contribution in [0.2, 0.25) is 0 Å². The highest BCUT2D eigenvalue weighted by Gasteiger charge is 2.28. The molecule has 1 aliphatic heterocycles. The molecule has 1 amide bonds. The Morgan fingerprint density at radius 3 is 2.81 bits per heavy atom. The third-order valence-electron chi connectivity index (χ3n) is 4.54. The van der Waals surface area contributed by atoms with Gasteiger partial charge >= 0.3 is 0 Å². The van der Waals surface area contributed by atoms with Crippen molar-refractivity contribution in [2.24, 2.45) is 0 Å². The van der Waals surface area contributed by atoms with Gasteiger partial charge in [0, 0.05) is 24.3 Å². The molecule has 4 rings (SSSR count). The van der Waals surface area contributed by atoms with E-state index in [1.165, 1.54) is 22.5 Å². The summed E-state index contributed by atoms with van der Waals surface area (Å²) in [6.07, 6.45) is 4.13. The average molecular weight is 365 g/mol. The number of nitrogens with one attached hydrogen (secondary N) is 1. The molecule has 0 spiro atoms. The smallest absolute Gasteiger partial charge is 0.238 e. The van der Waals surface area contributed by atoms with E-state index in [1.54, 1.807) is 18.5 Å². The molecule has 1 atom stereocenters. The summed E-state index contributed by atoms with van der Waals surface area (Å²) in [6, 6.07) is 9.93. The van der Waals surface area contributed by atoms with E-state index in [0.29, 0.717) is 12.4 Å². The van der Waals surface area contributed by atoms with Crippen LogP contribution in [0.1, 0.15) is 16.8 Å². The first-order valence-electron chi connectivity index (χ1n) is 8.47. The summed E-state index contributed by atoms with van der Waals surface area (Å²) < 4.78 is 0. The number of hydrogen-bond acceptors (Lipinski definition) is 6. The van der Waals surface area contributed by atoms with Crippen LogP contribution in [0.4, 0.5) is 0 Å². The molecule has 26 heavy (non-hydrogen) atoms. The molecule has 1 N–H and O–H groups in total. The van der Waals surface area contributed by atoms with Gasteiger partial charge in [-0.15, -0.1) is 11.3 Å². The average Bonchev–Trinajstić information content (AvgIpc) is 3.15. The van der Waals surface area contributed by atoms with Crippen LogP contribution in [0.3, 0.4) is 0 Å². The van der Waals surface area contributed by atoms with E-state index in [4.69, 9.17) is 0 Å². The van der Waals surface area contributed by atoms with E-state index in [0.717, 1.165) is 23.7 Å². The Bertz CT molecular complexity index is 911. The van der Waals surface area contributed by atoms with Gasteiger partial charge in [-0.3, -0.25) is 9.69 Å². The van der Waals surface area contributed by atoms with E-state index in [-0.39, 0.29) is 11.9 Å². The maximum atomic E-state index is 12.7. The van der Waals surface area contributed by atoms with E-state index in [1.807, 2.05) is 24.6 Å². The summed E-state index contributed by atoms with van der Waals surface area (Å²) in [5, 5.41) is 5.72. The molecule has 0 radical (unpaired) electrons. The van der Waals surface area contributed by atoms with Gasteiger partial charge in [-0.25, -0.2) is 15.0 Å². The first-order valence-corrected chi connectivity index (χ1v) is 9.35. The third-order valence-corrected chi connectivity index (χ3v) is 5.43. The van der Waals surface area contributed by atoms with Crippen LogP contribution in [-0.2, 0) is 24.3 Å². The Morgan fingerprint density at radius 1 is 1.23 bits per heavy atom. The number of carbonyl (C=O) groups is 1. The van der Waals surface area contributed by atoms with Gasteiger partial charge < -0.3 is 5.32 Å². The quantitative estimate of drug-likeness (QED) is 0.768. The summed E-state index contributed by atoms with van der Waals surface area (Å²) in [5.41, 5.74) is 3.37. The van der Waals surface area contributed by atoms with Crippen LogP contribution < -0.4 is 5.32 Å². The number of nitrogens with zero attached hydrogens (tertiary/aromatic N) is 4. The van der Waals surface area contributed by atoms with Crippen molar-refractivity contribution >= 4 is 17.2 Å². The molecule has 0 unspecified atom stereocenters. The molecule has 3 aromatic rings. The van der Waals surface area contributed by atoms with E-state index >= 15 is 0 Å². The molecule has 3 heterocycles. The van der Waals surface area contributed by atoms with Crippen LogP contribution in [0.5, 0.6) is 0 Å². The predicted molar refractivity (Wildman–Crippen MR) is 100 cm³/mol. The van der Waals surface area contributed by atoms with Gasteiger partial charge in [0.1, 0.15) is 0 Å². The fourth-order valence-electron chi connectivity index (χ4n) is 3.14. The summed E-state index contributed by atoms with van der Waals surface area (Å²) in [7, 11) is 1.99. The minimum atomic E-state index is -0.152. The van der Waals surface area contributed by atoms with Crippen LogP contribution in [0.25, 0.3) is 10.8 Å². The molecule has 0 fully saturated rings. The number of rotatable bonds is 4. The Morgan fingerprint density at radius 2 is 2.00 bits per heavy atom. The van der Waals surface area contributed by atoms with Gasteiger partial charge in [0.05, 0.1) is 18.3 Å². The maximum absolute atomic E-state index is 12.7. The largest absolute Gasteiger partial charge is 0.349 e. The topological polar surface area (TPSA) is 71.0 Å². The number of amides is 1. The van der Waals surface area contributed by atoms with Gasteiger partial charge in [-0.2, -0.15) is 0 Å². The molecule has 7 heteroatoms. The first kappa shape index (κ1) is 16.8. The maximum Gasteiger partial charge on any atom is 0.238 e. The zero-order valence-electron chi connectivity index (χ0n) is 14.4. The van der Waals surface area contributed by atoms with E-state index in [2.05, 4.69) is 37.3 Å². The van der Waals surface area contributed by atoms with Crippen LogP contribution >= 0.6 is 11.3 Å². The summed E-state index contributed by atoms with van der Waals surface area (Å²) >= 11 is 1.48. The van der Waals surface area contributed by atoms with Crippen molar-refractivity contribution in [1.29, 1.82) is 0 Å². The predicted octanol–water partition coefficient (Wildman–Crippen LogP) is 2.27. The number of carbonyl (C=O) groups excluding carboxylic acids is 1. The Hall–Kier alpha value is -2.64. The number of benzene rings is 1. The molecule has 0 bridgehead atoms. The van der Waals surface area contributed by atoms with Crippen LogP contribution in [-0.4, -0.2) is 38.8 Å². The normalized spacial score (nSPS) is 16.9. The van der Waals surface area contributed by atoms with Crippen molar-refractivity contribution < 1.29 is 4.79 Å². The molecule has 0 aliphatic carbocycles. The lowest BCUT2D eigenvalue weighted by Gasteiger charge is -2.32. The van der Waals surface area contributed by atoms with Gasteiger partial charge in [0.25, 0.3) is 0 Å². The molecule has 132 valence electrons. The molecule has 1 aliphatic rings. The lowest BCUT2D eigenvalue weighted by molar-refractivity contribution is -0.126. The SMILES string of the molecule is CN1Cc2ccccc2C[C@H]1C(=O)NCc1csc(-c2ncccn2)n1.